The summed E-state index contributed by atoms with van der Waals surface area (Å²) in [6.07, 6.45) is -1.29. The van der Waals surface area contributed by atoms with Gasteiger partial charge in [0.2, 0.25) is 6.20 Å². The average Bonchev–Trinajstić information content (AvgIpc) is 2.35. The van der Waals surface area contributed by atoms with Gasteiger partial charge >= 0.3 is 6.18 Å². The monoisotopic (exact) mass is 363 g/mol. The molecule has 1 aromatic carbocycles. The van der Waals surface area contributed by atoms with E-state index >= 15 is 0 Å². The van der Waals surface area contributed by atoms with Crippen LogP contribution in [0.5, 0.6) is 0 Å². The van der Waals surface area contributed by atoms with Crippen LogP contribution in [0.25, 0.3) is 0 Å². The highest BCUT2D eigenvalue weighted by atomic mass is 32.2. The van der Waals surface area contributed by atoms with Gasteiger partial charge in [-0.15, -0.1) is 0 Å². The maximum Gasteiger partial charge on any atom is 0.422 e. The fourth-order valence-corrected chi connectivity index (χ4v) is 3.23. The van der Waals surface area contributed by atoms with Crippen LogP contribution in [0.1, 0.15) is 16.7 Å². The second kappa shape index (κ2) is 7.27. The Morgan fingerprint density at radius 3 is 2.00 bits per heavy atom. The van der Waals surface area contributed by atoms with Crippen LogP contribution in [0, 0.1) is 26.3 Å². The van der Waals surface area contributed by atoms with E-state index in [1.165, 1.54) is 6.08 Å². The number of benzene rings is 1. The third-order valence-electron chi connectivity index (χ3n) is 3.08. The second-order valence-corrected chi connectivity index (χ2v) is 6.70. The maximum atomic E-state index is 11.9. The number of nitrogens with one attached hydrogen (secondary N) is 1. The number of hydrogen-bond donors (Lipinski definition) is 2. The molecule has 0 atom stereocenters. The number of rotatable bonds is 1. The summed E-state index contributed by atoms with van der Waals surface area (Å²) in [5, 5.41) is 0. The molecule has 0 bridgehead atoms. The smallest absolute Gasteiger partial charge is 0.282 e. The van der Waals surface area contributed by atoms with Crippen LogP contribution < -0.4 is 0 Å². The fourth-order valence-electron chi connectivity index (χ4n) is 2.30. The minimum Gasteiger partial charge on any atom is -0.282 e. The lowest BCUT2D eigenvalue weighted by atomic mass is 10.1. The lowest BCUT2D eigenvalue weighted by molar-refractivity contribution is -0.543. The van der Waals surface area contributed by atoms with Crippen molar-refractivity contribution in [1.82, 2.24) is 0 Å². The Morgan fingerprint density at radius 1 is 1.17 bits per heavy atom. The molecule has 1 heterocycles. The molecule has 24 heavy (non-hydrogen) atoms. The van der Waals surface area contributed by atoms with Gasteiger partial charge in [0.15, 0.2) is 6.54 Å². The highest BCUT2D eigenvalue weighted by Crippen LogP contribution is 2.27. The van der Waals surface area contributed by atoms with Gasteiger partial charge in [0, 0.05) is 0 Å². The Labute approximate surface area is 138 Å². The number of halogens is 3. The van der Waals surface area contributed by atoms with Gasteiger partial charge in [-0.05, 0) is 44.1 Å². The molecule has 2 N–H and O–H groups in total. The molecule has 0 aliphatic carbocycles. The topological polar surface area (TPSA) is 81.2 Å². The molecule has 132 valence electrons. The first-order valence-electron chi connectivity index (χ1n) is 6.81. The third kappa shape index (κ3) is 5.57. The summed E-state index contributed by atoms with van der Waals surface area (Å²) in [7, 11) is -4.08. The summed E-state index contributed by atoms with van der Waals surface area (Å²) in [5.74, 6) is 0. The predicted octanol–water partition coefficient (Wildman–Crippen LogP) is 3.90. The van der Waals surface area contributed by atoms with Crippen molar-refractivity contribution in [3.05, 3.63) is 52.7 Å². The first kappa shape index (κ1) is 20.0. The molecule has 9 heteroatoms. The van der Waals surface area contributed by atoms with Crippen molar-refractivity contribution in [2.45, 2.75) is 31.8 Å². The largest absolute Gasteiger partial charge is 0.422 e. The van der Waals surface area contributed by atoms with Crippen molar-refractivity contribution in [2.75, 3.05) is 6.54 Å². The lowest BCUT2D eigenvalue weighted by Crippen LogP contribution is -2.16. The molecule has 0 radical (unpaired) electrons. The van der Waals surface area contributed by atoms with E-state index in [-0.39, 0.29) is 11.4 Å². The molecular formula is C15H18F3N2O3S+. The van der Waals surface area contributed by atoms with Gasteiger partial charge in [0.1, 0.15) is 5.57 Å². The Bertz CT molecular complexity index is 787. The lowest BCUT2D eigenvalue weighted by Gasteiger charge is -2.07. The Balaban J connectivity index is 0.000000243. The van der Waals surface area contributed by atoms with Crippen molar-refractivity contribution >= 4 is 10.1 Å². The first-order valence-corrected chi connectivity index (χ1v) is 8.25. The molecular weight excluding hydrogens is 345 g/mol. The molecule has 0 saturated heterocycles. The average molecular weight is 363 g/mol. The van der Waals surface area contributed by atoms with Crippen LogP contribution in [0.3, 0.4) is 0 Å². The van der Waals surface area contributed by atoms with E-state index in [4.69, 9.17) is 10.1 Å². The van der Waals surface area contributed by atoms with Gasteiger partial charge in [0.25, 0.3) is 10.1 Å². The maximum absolute atomic E-state index is 11.9. The van der Waals surface area contributed by atoms with E-state index in [2.05, 4.69) is 0 Å². The number of alkyl halides is 3. The van der Waals surface area contributed by atoms with Crippen LogP contribution in [0.4, 0.5) is 13.2 Å². The van der Waals surface area contributed by atoms with E-state index < -0.39 is 21.9 Å². The van der Waals surface area contributed by atoms with Crippen LogP contribution in [0.2, 0.25) is 0 Å². The first-order chi connectivity index (χ1) is 10.8. The van der Waals surface area contributed by atoms with Crippen molar-refractivity contribution in [3.8, 4) is 0 Å². The van der Waals surface area contributed by atoms with Gasteiger partial charge in [-0.25, -0.2) is 0 Å². The SMILES string of the molecule is Cc1cc(C)c(S(=O)(=O)O)c(C)c1.N=[N+]1C=C(C(F)(F)F)C=CC1. The van der Waals surface area contributed by atoms with Crippen LogP contribution in [-0.4, -0.2) is 30.4 Å². The predicted molar refractivity (Wildman–Crippen MR) is 81.6 cm³/mol. The molecule has 5 nitrogen and oxygen atoms in total. The zero-order chi connectivity index (χ0) is 18.7. The zero-order valence-electron chi connectivity index (χ0n) is 13.3. The molecule has 0 fully saturated rings. The van der Waals surface area contributed by atoms with Crippen LogP contribution >= 0.6 is 0 Å². The molecule has 2 rings (SSSR count). The Morgan fingerprint density at radius 2 is 1.67 bits per heavy atom. The molecule has 0 amide bonds. The highest BCUT2D eigenvalue weighted by Gasteiger charge is 2.35. The molecule has 0 aromatic heterocycles. The number of hydrogen-bond acceptors (Lipinski definition) is 3. The summed E-state index contributed by atoms with van der Waals surface area (Å²) < 4.78 is 67.2. The molecule has 0 saturated carbocycles. The third-order valence-corrected chi connectivity index (χ3v) is 4.24. The minimum absolute atomic E-state index is 0.0260. The molecule has 1 aromatic rings. The van der Waals surface area contributed by atoms with E-state index in [1.54, 1.807) is 26.0 Å². The number of nitrogens with zero attached hydrogens (tertiary/aromatic N) is 1. The zero-order valence-corrected chi connectivity index (χ0v) is 14.2. The van der Waals surface area contributed by atoms with E-state index in [0.29, 0.717) is 11.1 Å². The highest BCUT2D eigenvalue weighted by molar-refractivity contribution is 7.86. The molecule has 1 aliphatic rings. The second-order valence-electron chi connectivity index (χ2n) is 5.34. The molecule has 0 spiro atoms. The summed E-state index contributed by atoms with van der Waals surface area (Å²) in [6, 6.07) is 3.46. The summed E-state index contributed by atoms with van der Waals surface area (Å²) in [4.78, 5) is 0.0260. The van der Waals surface area contributed by atoms with Gasteiger partial charge in [0.05, 0.1) is 4.90 Å². The van der Waals surface area contributed by atoms with Gasteiger partial charge in [-0.2, -0.15) is 21.6 Å². The van der Waals surface area contributed by atoms with Crippen LogP contribution in [-0.2, 0) is 10.1 Å². The number of aryl methyl sites for hydroxylation is 3. The molecule has 1 aliphatic heterocycles. The number of allylic oxidation sites excluding steroid dienone is 2. The Kier molecular flexibility index (Phi) is 6.07. The minimum atomic E-state index is -4.34. The van der Waals surface area contributed by atoms with E-state index in [1.807, 2.05) is 6.92 Å². The fraction of sp³-hybridized carbons (Fsp3) is 0.333. The van der Waals surface area contributed by atoms with Gasteiger partial charge < -0.3 is 0 Å². The van der Waals surface area contributed by atoms with Gasteiger partial charge in [-0.3, -0.25) is 4.55 Å². The van der Waals surface area contributed by atoms with E-state index in [0.717, 1.165) is 22.5 Å². The normalized spacial score (nSPS) is 14.8. The van der Waals surface area contributed by atoms with Crippen molar-refractivity contribution < 1.29 is 30.8 Å². The van der Waals surface area contributed by atoms with Crippen molar-refractivity contribution in [3.63, 3.8) is 0 Å². The summed E-state index contributed by atoms with van der Waals surface area (Å²) in [5.41, 5.74) is 8.26. The summed E-state index contributed by atoms with van der Waals surface area (Å²) >= 11 is 0. The van der Waals surface area contributed by atoms with E-state index in [9.17, 15) is 21.6 Å². The Hall–Kier alpha value is -2.00. The van der Waals surface area contributed by atoms with Crippen molar-refractivity contribution in [1.29, 1.82) is 5.53 Å². The molecule has 0 unspecified atom stereocenters. The standard InChI is InChI=1S/C9H12O3S.C6H6F3N2/c1-6-4-7(2)9(8(3)5-6)13(10,11)12;7-6(8,9)5-2-1-3-11(10)4-5/h4-5H,1-3H3,(H,10,11,12);1-2,4,10H,3H2/q;+1. The quantitative estimate of drug-likeness (QED) is 0.586. The summed E-state index contributed by atoms with van der Waals surface area (Å²) in [6.45, 7) is 5.43. The van der Waals surface area contributed by atoms with Crippen LogP contribution in [0.15, 0.2) is 41.0 Å². The van der Waals surface area contributed by atoms with Gasteiger partial charge in [-0.1, -0.05) is 27.9 Å². The van der Waals surface area contributed by atoms with Crippen molar-refractivity contribution in [2.24, 2.45) is 0 Å².